The Labute approximate surface area is 410 Å². The summed E-state index contributed by atoms with van der Waals surface area (Å²) in [7, 11) is 2.16. The van der Waals surface area contributed by atoms with E-state index < -0.39 is 36.3 Å². The van der Waals surface area contributed by atoms with Crippen molar-refractivity contribution in [2.75, 3.05) is 74.7 Å². The summed E-state index contributed by atoms with van der Waals surface area (Å²) in [4.78, 5) is 71.4. The van der Waals surface area contributed by atoms with Gasteiger partial charge in [-0.1, -0.05) is 12.1 Å². The van der Waals surface area contributed by atoms with Crippen LogP contribution in [0.25, 0.3) is 32.9 Å². The molecule has 5 aromatic heterocycles. The number of aryl methyl sites for hydroxylation is 2. The zero-order valence-electron chi connectivity index (χ0n) is 38.7. The number of urea groups is 1. The maximum absolute atomic E-state index is 15.9. The Morgan fingerprint density at radius 2 is 1.75 bits per heavy atom. The molecule has 372 valence electrons. The van der Waals surface area contributed by atoms with E-state index in [4.69, 9.17) is 5.10 Å². The van der Waals surface area contributed by atoms with Crippen LogP contribution in [-0.4, -0.2) is 138 Å². The van der Waals surface area contributed by atoms with E-state index in [2.05, 4.69) is 35.6 Å². The highest BCUT2D eigenvalue weighted by Gasteiger charge is 2.54. The molecule has 0 radical (unpaired) electrons. The minimum absolute atomic E-state index is 0. The van der Waals surface area contributed by atoms with E-state index in [1.807, 2.05) is 34.9 Å². The van der Waals surface area contributed by atoms with Crippen LogP contribution in [0.1, 0.15) is 51.2 Å². The normalized spacial score (nSPS) is 19.8. The van der Waals surface area contributed by atoms with Gasteiger partial charge in [-0.2, -0.15) is 10.2 Å². The summed E-state index contributed by atoms with van der Waals surface area (Å²) in [5, 5.41) is 17.4. The second-order valence-electron chi connectivity index (χ2n) is 18.9. The van der Waals surface area contributed by atoms with Gasteiger partial charge in [0.25, 0.3) is 11.8 Å². The summed E-state index contributed by atoms with van der Waals surface area (Å²) in [6.07, 6.45) is 8.33. The monoisotopic (exact) mass is 996 g/mol. The molecule has 4 saturated heterocycles. The van der Waals surface area contributed by atoms with E-state index in [0.717, 1.165) is 49.4 Å². The van der Waals surface area contributed by atoms with Crippen molar-refractivity contribution in [2.45, 2.75) is 50.1 Å². The lowest BCUT2D eigenvalue weighted by molar-refractivity contribution is -0.149. The predicted octanol–water partition coefficient (Wildman–Crippen LogP) is 6.25. The lowest BCUT2D eigenvalue weighted by Gasteiger charge is -2.61. The summed E-state index contributed by atoms with van der Waals surface area (Å²) in [6.45, 7) is 3.21. The number of alkyl halides is 3. The number of nitrogens with one attached hydrogen (secondary N) is 2. The number of hydrogen-bond acceptors (Lipinski definition) is 12. The average molecular weight is 997 g/mol. The number of hydrogen-bond donors (Lipinski definition) is 2. The highest BCUT2D eigenvalue weighted by atomic mass is 32.1. The molecular formula is C48H52F4N14O4S. The van der Waals surface area contributed by atoms with Gasteiger partial charge in [0.1, 0.15) is 5.82 Å². The number of imidazole rings is 1. The zero-order valence-corrected chi connectivity index (χ0v) is 39.5. The van der Waals surface area contributed by atoms with Crippen molar-refractivity contribution in [1.29, 1.82) is 0 Å². The van der Waals surface area contributed by atoms with Crippen LogP contribution in [-0.2, 0) is 34.4 Å². The van der Waals surface area contributed by atoms with Crippen molar-refractivity contribution >= 4 is 73.5 Å². The number of aromatic nitrogens is 8. The smallest absolute Gasteiger partial charge is 0.329 e. The minimum Gasteiger partial charge on any atom is -0.370 e. The first-order valence-corrected chi connectivity index (χ1v) is 24.1. The van der Waals surface area contributed by atoms with E-state index in [0.29, 0.717) is 65.4 Å². The van der Waals surface area contributed by atoms with Gasteiger partial charge in [0, 0.05) is 96.4 Å². The van der Waals surface area contributed by atoms with Crippen LogP contribution in [0, 0.1) is 11.2 Å². The maximum atomic E-state index is 15.9. The number of benzene rings is 2. The fourth-order valence-electron chi connectivity index (χ4n) is 10.8. The van der Waals surface area contributed by atoms with Crippen molar-refractivity contribution in [3.05, 3.63) is 95.7 Å². The van der Waals surface area contributed by atoms with Crippen LogP contribution in [0.3, 0.4) is 0 Å². The quantitative estimate of drug-likeness (QED) is 0.148. The number of anilines is 3. The molecule has 5 amide bonds. The van der Waals surface area contributed by atoms with Gasteiger partial charge in [-0.3, -0.25) is 53.6 Å². The van der Waals surface area contributed by atoms with Crippen LogP contribution >= 0.6 is 11.3 Å². The number of pyridine rings is 1. The Morgan fingerprint density at radius 1 is 0.944 bits per heavy atom. The van der Waals surface area contributed by atoms with Gasteiger partial charge in [-0.05, 0) is 67.3 Å². The van der Waals surface area contributed by atoms with Gasteiger partial charge < -0.3 is 14.4 Å². The van der Waals surface area contributed by atoms with E-state index in [-0.39, 0.29) is 63.0 Å². The summed E-state index contributed by atoms with van der Waals surface area (Å²) >= 11 is 1.30. The third-order valence-corrected chi connectivity index (χ3v) is 15.0. The first-order chi connectivity index (χ1) is 34.3. The van der Waals surface area contributed by atoms with Gasteiger partial charge in [0.05, 0.1) is 65.7 Å². The summed E-state index contributed by atoms with van der Waals surface area (Å²) < 4.78 is 62.1. The van der Waals surface area contributed by atoms with Gasteiger partial charge in [0.15, 0.2) is 17.0 Å². The molecule has 1 spiro atoms. The number of carbonyl (C=O) groups excluding carboxylic acids is 4. The van der Waals surface area contributed by atoms with Crippen molar-refractivity contribution in [3.63, 3.8) is 0 Å². The van der Waals surface area contributed by atoms with E-state index in [9.17, 15) is 23.6 Å². The third-order valence-electron chi connectivity index (χ3n) is 14.3. The molecule has 18 nitrogen and oxygen atoms in total. The number of thiazole rings is 1. The molecule has 0 saturated carbocycles. The number of rotatable bonds is 10. The molecule has 5 aliphatic heterocycles. The largest absolute Gasteiger partial charge is 0.370 e. The molecule has 10 heterocycles. The van der Waals surface area contributed by atoms with Gasteiger partial charge in [-0.15, -0.1) is 11.3 Å². The standard InChI is InChI=1S/C47H45F3N14O4S.CH3F.2H2/c1-58-37-17-35(52-18-30(37)42(57-58)63-13-9-38(65)54-45(63)68)32-8-12-59(25-47(32,49)50)20-39(66)62-23-46(24-62)21-61(22-46)29-6-4-27(5-7-29)28-15-33(48)31-19-64(56-34(31)16-28)41(43(67)55-44-51-10-14-69-44)40-36-3-2-11-60(36)26-53-40;1-2;;/h4-7,10,14-19,26,32,41H,2-3,8-9,11-13,20-25H2,1H3,(H,51,55,67)(H,54,65,68);1H3;2*1H. The van der Waals surface area contributed by atoms with E-state index in [1.165, 1.54) is 42.8 Å². The zero-order chi connectivity index (χ0) is 49.3. The minimum atomic E-state index is -3.15. The molecule has 4 fully saturated rings. The SMILES string of the molecule is CF.Cn1nc(N2CCC(=O)NC2=O)c2cnc(C3CCN(CC(=O)N4CC5(C4)CN(c4ccc(-c6cc(F)c7cn(C(C(=O)Nc8nccs8)c8ncn9c8CCC9)nc7c6)cc4)C5)CC3(F)F)cc21.[HH].[HH]. The molecule has 23 heteroatoms. The van der Waals surface area contributed by atoms with Crippen LogP contribution in [0.2, 0.25) is 0 Å². The molecule has 7 aromatic rings. The van der Waals surface area contributed by atoms with Crippen LogP contribution in [0.15, 0.2) is 72.8 Å². The maximum Gasteiger partial charge on any atom is 0.329 e. The van der Waals surface area contributed by atoms with Crippen LogP contribution < -0.4 is 20.4 Å². The van der Waals surface area contributed by atoms with Gasteiger partial charge in [0.2, 0.25) is 11.8 Å². The molecule has 12 rings (SSSR count). The molecule has 2 atom stereocenters. The third kappa shape index (κ3) is 8.32. The van der Waals surface area contributed by atoms with Crippen molar-refractivity contribution in [2.24, 2.45) is 12.5 Å². The molecule has 0 aliphatic carbocycles. The van der Waals surface area contributed by atoms with Crippen LogP contribution in [0.4, 0.5) is 39.0 Å². The fraction of sp³-hybridized carbons (Fsp3) is 0.396. The molecule has 71 heavy (non-hydrogen) atoms. The Balaban J connectivity index is 0.00000162. The summed E-state index contributed by atoms with van der Waals surface area (Å²) in [6, 6.07) is 11.2. The fourth-order valence-corrected chi connectivity index (χ4v) is 11.3. The molecule has 2 N–H and O–H groups in total. The Morgan fingerprint density at radius 3 is 2.49 bits per heavy atom. The van der Waals surface area contributed by atoms with Gasteiger partial charge >= 0.3 is 6.03 Å². The summed E-state index contributed by atoms with van der Waals surface area (Å²) in [5.41, 5.74) is 5.09. The highest BCUT2D eigenvalue weighted by molar-refractivity contribution is 7.13. The second-order valence-corrected chi connectivity index (χ2v) is 19.8. The Hall–Kier alpha value is -7.27. The number of carbonyl (C=O) groups is 4. The molecule has 5 aliphatic rings. The topological polar surface area (TPSA) is 185 Å². The number of amides is 5. The second kappa shape index (κ2) is 17.8. The van der Waals surface area contributed by atoms with Crippen molar-refractivity contribution in [1.82, 2.24) is 54.2 Å². The molecule has 2 unspecified atom stereocenters. The molecule has 0 bridgehead atoms. The average Bonchev–Trinajstić information content (AvgIpc) is 4.18. The first kappa shape index (κ1) is 46.1. The van der Waals surface area contributed by atoms with Crippen LogP contribution in [0.5, 0.6) is 0 Å². The number of fused-ring (bicyclic) bond motifs is 3. The highest BCUT2D eigenvalue weighted by Crippen LogP contribution is 2.44. The molecular weight excluding hydrogens is 945 g/mol. The number of imide groups is 1. The van der Waals surface area contributed by atoms with Gasteiger partial charge in [-0.25, -0.2) is 27.9 Å². The predicted molar refractivity (Wildman–Crippen MR) is 260 cm³/mol. The Kier molecular flexibility index (Phi) is 11.6. The number of nitrogens with zero attached hydrogens (tertiary/aromatic N) is 12. The lowest BCUT2D eigenvalue weighted by Crippen LogP contribution is -2.73. The van der Waals surface area contributed by atoms with Crippen molar-refractivity contribution in [3.8, 4) is 11.1 Å². The molecule has 2 aromatic carbocycles. The van der Waals surface area contributed by atoms with E-state index in [1.54, 1.807) is 42.1 Å². The number of piperidine rings is 1. The van der Waals surface area contributed by atoms with Crippen molar-refractivity contribution < 1.29 is 39.6 Å². The first-order valence-electron chi connectivity index (χ1n) is 23.3. The van der Waals surface area contributed by atoms with E-state index >= 15 is 13.2 Å². The number of likely N-dealkylation sites (tertiary alicyclic amines) is 2. The Bertz CT molecular complexity index is 3230. The lowest BCUT2D eigenvalue weighted by atomic mass is 9.72. The summed E-state index contributed by atoms with van der Waals surface area (Å²) in [5.74, 6) is -5.37. The number of halogens is 4.